The van der Waals surface area contributed by atoms with Crippen LogP contribution >= 0.6 is 0 Å². The predicted molar refractivity (Wildman–Crippen MR) is 107 cm³/mol. The van der Waals surface area contributed by atoms with Crippen molar-refractivity contribution in [2.45, 2.75) is 0 Å². The first kappa shape index (κ1) is 20.1. The van der Waals surface area contributed by atoms with Crippen LogP contribution in [-0.2, 0) is 0 Å². The number of ether oxygens (including phenoxy) is 2. The maximum absolute atomic E-state index is 12.7. The van der Waals surface area contributed by atoms with E-state index in [1.54, 1.807) is 44.5 Å². The number of hydrogen-bond donors (Lipinski definition) is 0. The van der Waals surface area contributed by atoms with Gasteiger partial charge in [-0.3, -0.25) is 19.3 Å². The maximum Gasteiger partial charge on any atom is 0.261 e. The van der Waals surface area contributed by atoms with Gasteiger partial charge in [-0.15, -0.1) is 6.58 Å². The Bertz CT molecular complexity index is 952. The molecule has 0 unspecified atom stereocenters. The average molecular weight is 394 g/mol. The number of methoxy groups -OCH3 is 1. The first-order chi connectivity index (χ1) is 14.0. The Morgan fingerprint density at radius 1 is 1.07 bits per heavy atom. The first-order valence-corrected chi connectivity index (χ1v) is 9.09. The van der Waals surface area contributed by atoms with Gasteiger partial charge in [-0.05, 0) is 42.5 Å². The van der Waals surface area contributed by atoms with Crippen molar-refractivity contribution in [1.82, 2.24) is 9.80 Å². The molecule has 2 aromatic carbocycles. The fourth-order valence-corrected chi connectivity index (χ4v) is 3.01. The number of nitrogens with zero attached hydrogens (tertiary/aromatic N) is 2. The highest BCUT2D eigenvalue weighted by molar-refractivity contribution is 6.22. The summed E-state index contributed by atoms with van der Waals surface area (Å²) < 4.78 is 10.7. The smallest absolute Gasteiger partial charge is 0.261 e. The number of benzene rings is 2. The summed E-state index contributed by atoms with van der Waals surface area (Å²) in [5.74, 6) is 0.375. The van der Waals surface area contributed by atoms with Crippen LogP contribution in [0.1, 0.15) is 31.1 Å². The molecule has 0 N–H and O–H groups in total. The molecule has 3 amide bonds. The molecule has 0 bridgehead atoms. The van der Waals surface area contributed by atoms with Crippen LogP contribution in [0.15, 0.2) is 55.1 Å². The molecule has 1 aliphatic rings. The minimum absolute atomic E-state index is 0.137. The molecule has 1 aliphatic heterocycles. The molecule has 0 spiro atoms. The van der Waals surface area contributed by atoms with Crippen LogP contribution in [0.2, 0.25) is 0 Å². The second-order valence-corrected chi connectivity index (χ2v) is 6.52. The third kappa shape index (κ3) is 4.13. The van der Waals surface area contributed by atoms with Crippen LogP contribution in [0.5, 0.6) is 11.5 Å². The highest BCUT2D eigenvalue weighted by Gasteiger charge is 2.35. The molecule has 150 valence electrons. The highest BCUT2D eigenvalue weighted by atomic mass is 16.5. The molecule has 0 atom stereocenters. The molecular formula is C22H22N2O5. The lowest BCUT2D eigenvalue weighted by molar-refractivity contribution is 0.0671. The lowest BCUT2D eigenvalue weighted by atomic mass is 10.1. The van der Waals surface area contributed by atoms with E-state index in [2.05, 4.69) is 6.58 Å². The quantitative estimate of drug-likeness (QED) is 0.508. The van der Waals surface area contributed by atoms with Crippen LogP contribution in [0.4, 0.5) is 0 Å². The highest BCUT2D eigenvalue weighted by Crippen LogP contribution is 2.24. The molecule has 0 fully saturated rings. The topological polar surface area (TPSA) is 76.2 Å². The van der Waals surface area contributed by atoms with Gasteiger partial charge in [-0.1, -0.05) is 6.08 Å². The largest absolute Gasteiger partial charge is 0.497 e. The van der Waals surface area contributed by atoms with Gasteiger partial charge in [-0.2, -0.15) is 0 Å². The second kappa shape index (κ2) is 8.60. The molecule has 7 heteroatoms. The normalized spacial score (nSPS) is 12.6. The zero-order chi connectivity index (χ0) is 21.0. The monoisotopic (exact) mass is 394 g/mol. The van der Waals surface area contributed by atoms with Gasteiger partial charge in [0.15, 0.2) is 0 Å². The lowest BCUT2D eigenvalue weighted by Crippen LogP contribution is -2.31. The van der Waals surface area contributed by atoms with E-state index in [4.69, 9.17) is 9.47 Å². The SMILES string of the molecule is C=CCN1C(=O)c2ccc(C(=O)N(C)CCOc3ccc(OC)cc3)cc2C1=O. The van der Waals surface area contributed by atoms with Crippen LogP contribution in [0, 0.1) is 0 Å². The fourth-order valence-electron chi connectivity index (χ4n) is 3.01. The zero-order valence-electron chi connectivity index (χ0n) is 16.4. The molecule has 29 heavy (non-hydrogen) atoms. The van der Waals surface area contributed by atoms with Gasteiger partial charge in [0.05, 0.1) is 24.8 Å². The Balaban J connectivity index is 1.62. The number of hydrogen-bond acceptors (Lipinski definition) is 5. The number of carbonyl (C=O) groups is 3. The summed E-state index contributed by atoms with van der Waals surface area (Å²) >= 11 is 0. The van der Waals surface area contributed by atoms with E-state index in [0.29, 0.717) is 30.0 Å². The minimum atomic E-state index is -0.412. The fraction of sp³-hybridized carbons (Fsp3) is 0.227. The number of likely N-dealkylation sites (N-methyl/N-ethyl adjacent to an activating group) is 1. The Labute approximate surface area is 169 Å². The third-order valence-corrected chi connectivity index (χ3v) is 4.63. The van der Waals surface area contributed by atoms with Crippen molar-refractivity contribution in [1.29, 1.82) is 0 Å². The zero-order valence-corrected chi connectivity index (χ0v) is 16.4. The molecule has 0 saturated carbocycles. The van der Waals surface area contributed by atoms with Crippen molar-refractivity contribution < 1.29 is 23.9 Å². The Kier molecular flexibility index (Phi) is 5.97. The van der Waals surface area contributed by atoms with Gasteiger partial charge in [0, 0.05) is 19.2 Å². The van der Waals surface area contributed by atoms with E-state index in [-0.39, 0.29) is 23.9 Å². The summed E-state index contributed by atoms with van der Waals surface area (Å²) in [5, 5.41) is 0. The number of rotatable bonds is 8. The molecule has 3 rings (SSSR count). The molecule has 0 aliphatic carbocycles. The van der Waals surface area contributed by atoms with Crippen LogP contribution in [0.3, 0.4) is 0 Å². The van der Waals surface area contributed by atoms with E-state index in [0.717, 1.165) is 10.6 Å². The summed E-state index contributed by atoms with van der Waals surface area (Å²) in [6.07, 6.45) is 1.49. The van der Waals surface area contributed by atoms with Crippen molar-refractivity contribution in [2.75, 3.05) is 33.9 Å². The van der Waals surface area contributed by atoms with Gasteiger partial charge in [0.2, 0.25) is 0 Å². The molecule has 2 aromatic rings. The van der Waals surface area contributed by atoms with Crippen molar-refractivity contribution in [3.05, 3.63) is 71.8 Å². The number of imide groups is 1. The van der Waals surface area contributed by atoms with Gasteiger partial charge < -0.3 is 14.4 Å². The first-order valence-electron chi connectivity index (χ1n) is 9.09. The summed E-state index contributed by atoms with van der Waals surface area (Å²) in [7, 11) is 3.25. The molecule has 1 heterocycles. The molecule has 7 nitrogen and oxygen atoms in total. The van der Waals surface area contributed by atoms with Crippen LogP contribution in [-0.4, -0.2) is 61.4 Å². The number of carbonyl (C=O) groups excluding carboxylic acids is 3. The standard InChI is InChI=1S/C22H22N2O5/c1-4-11-24-21(26)18-10-5-15(14-19(18)22(24)27)20(25)23(2)12-13-29-17-8-6-16(28-3)7-9-17/h4-10,14H,1,11-13H2,2-3H3. The molecule has 0 saturated heterocycles. The predicted octanol–water partition coefficient (Wildman–Crippen LogP) is 2.63. The van der Waals surface area contributed by atoms with E-state index in [1.807, 2.05) is 0 Å². The van der Waals surface area contributed by atoms with Crippen molar-refractivity contribution in [3.63, 3.8) is 0 Å². The Morgan fingerprint density at radius 3 is 2.38 bits per heavy atom. The Morgan fingerprint density at radius 2 is 1.72 bits per heavy atom. The van der Waals surface area contributed by atoms with E-state index >= 15 is 0 Å². The van der Waals surface area contributed by atoms with E-state index in [9.17, 15) is 14.4 Å². The number of fused-ring (bicyclic) bond motifs is 1. The van der Waals surface area contributed by atoms with Crippen molar-refractivity contribution in [3.8, 4) is 11.5 Å². The van der Waals surface area contributed by atoms with Crippen LogP contribution < -0.4 is 9.47 Å². The van der Waals surface area contributed by atoms with Crippen LogP contribution in [0.25, 0.3) is 0 Å². The van der Waals surface area contributed by atoms with E-state index in [1.165, 1.54) is 23.1 Å². The third-order valence-electron chi connectivity index (χ3n) is 4.63. The van der Waals surface area contributed by atoms with Gasteiger partial charge >= 0.3 is 0 Å². The number of amides is 3. The van der Waals surface area contributed by atoms with Gasteiger partial charge in [-0.25, -0.2) is 0 Å². The summed E-state index contributed by atoms with van der Waals surface area (Å²) in [4.78, 5) is 40.0. The molecule has 0 aromatic heterocycles. The maximum atomic E-state index is 12.7. The minimum Gasteiger partial charge on any atom is -0.497 e. The lowest BCUT2D eigenvalue weighted by Gasteiger charge is -2.18. The van der Waals surface area contributed by atoms with Crippen molar-refractivity contribution >= 4 is 17.7 Å². The summed E-state index contributed by atoms with van der Waals surface area (Å²) in [6, 6.07) is 11.7. The van der Waals surface area contributed by atoms with Gasteiger partial charge in [0.25, 0.3) is 17.7 Å². The molecule has 0 radical (unpaired) electrons. The second-order valence-electron chi connectivity index (χ2n) is 6.52. The van der Waals surface area contributed by atoms with Crippen molar-refractivity contribution in [2.24, 2.45) is 0 Å². The summed E-state index contributed by atoms with van der Waals surface area (Å²) in [6.45, 7) is 4.36. The van der Waals surface area contributed by atoms with E-state index < -0.39 is 5.91 Å². The Hall–Kier alpha value is -3.61. The van der Waals surface area contributed by atoms with Gasteiger partial charge in [0.1, 0.15) is 18.1 Å². The molecular weight excluding hydrogens is 372 g/mol. The summed E-state index contributed by atoms with van der Waals surface area (Å²) in [5.41, 5.74) is 0.891. The average Bonchev–Trinajstić information content (AvgIpc) is 2.98.